The van der Waals surface area contributed by atoms with Gasteiger partial charge in [0, 0.05) is 12.1 Å². The van der Waals surface area contributed by atoms with Crippen molar-refractivity contribution in [2.75, 3.05) is 13.1 Å². The zero-order valence-electron chi connectivity index (χ0n) is 10.1. The quantitative estimate of drug-likeness (QED) is 0.745. The molecule has 0 fully saturated rings. The van der Waals surface area contributed by atoms with Crippen molar-refractivity contribution in [2.45, 2.75) is 26.2 Å². The normalized spacial score (nSPS) is 10.3. The Hall–Kier alpha value is -1.42. The van der Waals surface area contributed by atoms with Crippen LogP contribution in [0.2, 0.25) is 0 Å². The van der Waals surface area contributed by atoms with Gasteiger partial charge in [0.15, 0.2) is 0 Å². The Bertz CT molecular complexity index is 359. The van der Waals surface area contributed by atoms with Crippen molar-refractivity contribution >= 4 is 5.91 Å². The van der Waals surface area contributed by atoms with Gasteiger partial charge in [-0.25, -0.2) is 4.39 Å². The lowest BCUT2D eigenvalue weighted by atomic mass is 10.1. The SMILES string of the molecule is Cc1cc(F)cc(C(=O)NCCCCCN)c1. The standard InChI is InChI=1S/C13H19FN2O/c1-10-7-11(9-12(14)8-10)13(17)16-6-4-2-3-5-15/h7-9H,2-6,15H2,1H3,(H,16,17). The molecule has 0 aromatic heterocycles. The third-order valence-corrected chi connectivity index (χ3v) is 2.47. The molecular weight excluding hydrogens is 219 g/mol. The van der Waals surface area contributed by atoms with Crippen molar-refractivity contribution < 1.29 is 9.18 Å². The Kier molecular flexibility index (Phi) is 5.63. The van der Waals surface area contributed by atoms with E-state index in [0.717, 1.165) is 24.8 Å². The van der Waals surface area contributed by atoms with E-state index in [2.05, 4.69) is 5.32 Å². The third kappa shape index (κ3) is 4.95. The Balaban J connectivity index is 2.41. The van der Waals surface area contributed by atoms with Crippen molar-refractivity contribution in [3.8, 4) is 0 Å². The van der Waals surface area contributed by atoms with Gasteiger partial charge in [-0.05, 0) is 50.1 Å². The Morgan fingerprint density at radius 1 is 1.29 bits per heavy atom. The maximum atomic E-state index is 13.1. The molecule has 1 aromatic carbocycles. The summed E-state index contributed by atoms with van der Waals surface area (Å²) in [5.41, 5.74) is 6.49. The molecule has 0 aliphatic heterocycles. The number of halogens is 1. The fraction of sp³-hybridized carbons (Fsp3) is 0.462. The summed E-state index contributed by atoms with van der Waals surface area (Å²) in [7, 11) is 0. The molecule has 0 unspecified atom stereocenters. The van der Waals surface area contributed by atoms with Crippen LogP contribution in [0.5, 0.6) is 0 Å². The highest BCUT2D eigenvalue weighted by atomic mass is 19.1. The average Bonchev–Trinajstić information content (AvgIpc) is 2.27. The maximum Gasteiger partial charge on any atom is 0.251 e. The molecule has 0 atom stereocenters. The predicted octanol–water partition coefficient (Wildman–Crippen LogP) is 1.99. The number of hydrogen-bond donors (Lipinski definition) is 2. The van der Waals surface area contributed by atoms with Gasteiger partial charge >= 0.3 is 0 Å². The highest BCUT2D eigenvalue weighted by molar-refractivity contribution is 5.94. The molecular formula is C13H19FN2O. The molecule has 3 N–H and O–H groups in total. The van der Waals surface area contributed by atoms with Crippen molar-refractivity contribution in [1.29, 1.82) is 0 Å². The van der Waals surface area contributed by atoms with E-state index in [0.29, 0.717) is 18.7 Å². The zero-order valence-corrected chi connectivity index (χ0v) is 10.1. The number of rotatable bonds is 6. The lowest BCUT2D eigenvalue weighted by Gasteiger charge is -2.06. The number of nitrogens with two attached hydrogens (primary N) is 1. The van der Waals surface area contributed by atoms with E-state index in [9.17, 15) is 9.18 Å². The van der Waals surface area contributed by atoms with Crippen LogP contribution in [0, 0.1) is 12.7 Å². The summed E-state index contributed by atoms with van der Waals surface area (Å²) >= 11 is 0. The smallest absolute Gasteiger partial charge is 0.251 e. The first kappa shape index (κ1) is 13.6. The first-order chi connectivity index (χ1) is 8.13. The number of nitrogens with one attached hydrogen (secondary N) is 1. The summed E-state index contributed by atoms with van der Waals surface area (Å²) in [6, 6.07) is 4.33. The van der Waals surface area contributed by atoms with Crippen LogP contribution < -0.4 is 11.1 Å². The van der Waals surface area contributed by atoms with Crippen LogP contribution in [0.25, 0.3) is 0 Å². The van der Waals surface area contributed by atoms with E-state index in [1.54, 1.807) is 13.0 Å². The van der Waals surface area contributed by atoms with Gasteiger partial charge in [-0.15, -0.1) is 0 Å². The fourth-order valence-corrected chi connectivity index (χ4v) is 1.62. The molecule has 3 nitrogen and oxygen atoms in total. The summed E-state index contributed by atoms with van der Waals surface area (Å²) in [6.07, 6.45) is 2.87. The van der Waals surface area contributed by atoms with Crippen molar-refractivity contribution in [1.82, 2.24) is 5.32 Å². The second-order valence-corrected chi connectivity index (χ2v) is 4.12. The second kappa shape index (κ2) is 7.01. The van der Waals surface area contributed by atoms with Crippen LogP contribution in [0.3, 0.4) is 0 Å². The Labute approximate surface area is 101 Å². The molecule has 0 saturated heterocycles. The molecule has 1 aromatic rings. The topological polar surface area (TPSA) is 55.1 Å². The highest BCUT2D eigenvalue weighted by Gasteiger charge is 2.06. The molecule has 0 spiro atoms. The minimum absolute atomic E-state index is 0.222. The van der Waals surface area contributed by atoms with Crippen molar-refractivity contribution in [3.63, 3.8) is 0 Å². The largest absolute Gasteiger partial charge is 0.352 e. The van der Waals surface area contributed by atoms with E-state index < -0.39 is 0 Å². The minimum Gasteiger partial charge on any atom is -0.352 e. The van der Waals surface area contributed by atoms with E-state index in [4.69, 9.17) is 5.73 Å². The number of benzene rings is 1. The van der Waals surface area contributed by atoms with Crippen LogP contribution in [-0.4, -0.2) is 19.0 Å². The summed E-state index contributed by atoms with van der Waals surface area (Å²) in [4.78, 5) is 11.7. The van der Waals surface area contributed by atoms with Gasteiger partial charge in [0.1, 0.15) is 5.82 Å². The van der Waals surface area contributed by atoms with E-state index in [-0.39, 0.29) is 11.7 Å². The van der Waals surface area contributed by atoms with Gasteiger partial charge in [-0.3, -0.25) is 4.79 Å². The fourth-order valence-electron chi connectivity index (χ4n) is 1.62. The molecule has 4 heteroatoms. The molecule has 1 amide bonds. The molecule has 0 bridgehead atoms. The second-order valence-electron chi connectivity index (χ2n) is 4.12. The summed E-state index contributed by atoms with van der Waals surface area (Å²) < 4.78 is 13.1. The van der Waals surface area contributed by atoms with E-state index in [1.165, 1.54) is 12.1 Å². The van der Waals surface area contributed by atoms with Gasteiger partial charge in [0.05, 0.1) is 0 Å². The van der Waals surface area contributed by atoms with Crippen LogP contribution in [0.15, 0.2) is 18.2 Å². The Morgan fingerprint density at radius 3 is 2.71 bits per heavy atom. The Morgan fingerprint density at radius 2 is 2.06 bits per heavy atom. The minimum atomic E-state index is -0.377. The third-order valence-electron chi connectivity index (χ3n) is 2.47. The van der Waals surface area contributed by atoms with E-state index >= 15 is 0 Å². The first-order valence-corrected chi connectivity index (χ1v) is 5.89. The number of carbonyl (C=O) groups is 1. The number of aryl methyl sites for hydroxylation is 1. The number of hydrogen-bond acceptors (Lipinski definition) is 2. The van der Waals surface area contributed by atoms with Gasteiger partial charge in [0.2, 0.25) is 0 Å². The van der Waals surface area contributed by atoms with Gasteiger partial charge in [-0.1, -0.05) is 6.42 Å². The van der Waals surface area contributed by atoms with Gasteiger partial charge < -0.3 is 11.1 Å². The lowest BCUT2D eigenvalue weighted by molar-refractivity contribution is 0.0952. The summed E-state index contributed by atoms with van der Waals surface area (Å²) in [6.45, 7) is 3.05. The molecule has 0 saturated carbocycles. The molecule has 0 radical (unpaired) electrons. The van der Waals surface area contributed by atoms with E-state index in [1.807, 2.05) is 0 Å². The summed E-state index contributed by atoms with van der Waals surface area (Å²) in [5, 5.41) is 2.77. The van der Waals surface area contributed by atoms with Crippen LogP contribution in [0.1, 0.15) is 35.2 Å². The molecule has 94 valence electrons. The van der Waals surface area contributed by atoms with Crippen molar-refractivity contribution in [3.05, 3.63) is 35.1 Å². The molecule has 1 rings (SSSR count). The number of unbranched alkanes of at least 4 members (excludes halogenated alkanes) is 2. The lowest BCUT2D eigenvalue weighted by Crippen LogP contribution is -2.24. The summed E-state index contributed by atoms with van der Waals surface area (Å²) in [5.74, 6) is -0.598. The van der Waals surface area contributed by atoms with Crippen LogP contribution in [0.4, 0.5) is 4.39 Å². The molecule has 17 heavy (non-hydrogen) atoms. The molecule has 0 heterocycles. The van der Waals surface area contributed by atoms with Crippen LogP contribution >= 0.6 is 0 Å². The highest BCUT2D eigenvalue weighted by Crippen LogP contribution is 2.08. The average molecular weight is 238 g/mol. The van der Waals surface area contributed by atoms with Gasteiger partial charge in [-0.2, -0.15) is 0 Å². The van der Waals surface area contributed by atoms with Crippen LogP contribution in [-0.2, 0) is 0 Å². The zero-order chi connectivity index (χ0) is 12.7. The molecule has 0 aliphatic carbocycles. The maximum absolute atomic E-state index is 13.1. The monoisotopic (exact) mass is 238 g/mol. The number of carbonyl (C=O) groups excluding carboxylic acids is 1. The predicted molar refractivity (Wildman–Crippen MR) is 66.4 cm³/mol. The van der Waals surface area contributed by atoms with Crippen molar-refractivity contribution in [2.24, 2.45) is 5.73 Å². The first-order valence-electron chi connectivity index (χ1n) is 5.89. The molecule has 0 aliphatic rings. The number of amides is 1. The van der Waals surface area contributed by atoms with Gasteiger partial charge in [0.25, 0.3) is 5.91 Å².